The van der Waals surface area contributed by atoms with Gasteiger partial charge in [0.25, 0.3) is 0 Å². The van der Waals surface area contributed by atoms with Gasteiger partial charge in [-0.3, -0.25) is 9.69 Å². The van der Waals surface area contributed by atoms with Crippen molar-refractivity contribution in [1.82, 2.24) is 15.1 Å². The maximum Gasteiger partial charge on any atom is 0.317 e. The fourth-order valence-electron chi connectivity index (χ4n) is 2.71. The van der Waals surface area contributed by atoms with Gasteiger partial charge in [0.1, 0.15) is 0 Å². The molecular weight excluding hydrogens is 274 g/mol. The second kappa shape index (κ2) is 8.84. The van der Waals surface area contributed by atoms with E-state index in [0.717, 1.165) is 32.6 Å². The molecule has 0 aromatic carbocycles. The minimum atomic E-state index is -0.932. The predicted molar refractivity (Wildman–Crippen MR) is 79.3 cm³/mol. The van der Waals surface area contributed by atoms with E-state index in [1.807, 2.05) is 0 Å². The lowest BCUT2D eigenvalue weighted by atomic mass is 10.2. The summed E-state index contributed by atoms with van der Waals surface area (Å²) in [5.41, 5.74) is 0. The number of nitrogens with zero attached hydrogens (tertiary/aromatic N) is 2. The number of aliphatic carboxylic acids is 1. The van der Waals surface area contributed by atoms with Crippen molar-refractivity contribution in [3.63, 3.8) is 0 Å². The number of hydrogen-bond acceptors (Lipinski definition) is 4. The first-order valence-corrected chi connectivity index (χ1v) is 7.53. The molecule has 2 N–H and O–H groups in total. The zero-order valence-corrected chi connectivity index (χ0v) is 13.2. The average molecular weight is 301 g/mol. The number of carbonyl (C=O) groups is 2. The molecule has 0 spiro atoms. The van der Waals surface area contributed by atoms with Gasteiger partial charge in [0.05, 0.1) is 12.5 Å². The van der Waals surface area contributed by atoms with E-state index in [4.69, 9.17) is 9.84 Å². The molecular formula is C14H27N3O4. The zero-order chi connectivity index (χ0) is 15.8. The van der Waals surface area contributed by atoms with Gasteiger partial charge >= 0.3 is 12.0 Å². The predicted octanol–water partition coefficient (Wildman–Crippen LogP) is 0.602. The molecule has 0 bridgehead atoms. The summed E-state index contributed by atoms with van der Waals surface area (Å²) in [4.78, 5) is 26.9. The summed E-state index contributed by atoms with van der Waals surface area (Å²) in [6.45, 7) is 7.91. The maximum atomic E-state index is 12.1. The van der Waals surface area contributed by atoms with Crippen molar-refractivity contribution >= 4 is 12.0 Å². The SMILES string of the molecule is CCN(CC)C1CCN(C(=O)NCC(CC(=O)O)OC)C1. The van der Waals surface area contributed by atoms with Gasteiger partial charge in [-0.05, 0) is 19.5 Å². The minimum Gasteiger partial charge on any atom is -0.481 e. The number of carbonyl (C=O) groups excluding carboxylic acids is 1. The summed E-state index contributed by atoms with van der Waals surface area (Å²) < 4.78 is 5.05. The minimum absolute atomic E-state index is 0.112. The molecule has 0 aromatic rings. The zero-order valence-electron chi connectivity index (χ0n) is 13.2. The highest BCUT2D eigenvalue weighted by molar-refractivity contribution is 5.74. The molecule has 0 aromatic heterocycles. The molecule has 1 aliphatic rings. The summed E-state index contributed by atoms with van der Waals surface area (Å²) >= 11 is 0. The smallest absolute Gasteiger partial charge is 0.317 e. The molecule has 0 saturated carbocycles. The Hall–Kier alpha value is -1.34. The third kappa shape index (κ3) is 5.51. The standard InChI is InChI=1S/C14H27N3O4/c1-4-16(5-2)11-6-7-17(10-11)14(20)15-9-12(21-3)8-13(18)19/h11-12H,4-10H2,1-3H3,(H,15,20)(H,18,19). The Morgan fingerprint density at radius 3 is 2.62 bits per heavy atom. The van der Waals surface area contributed by atoms with Gasteiger partial charge in [-0.15, -0.1) is 0 Å². The second-order valence-electron chi connectivity index (χ2n) is 5.25. The van der Waals surface area contributed by atoms with Crippen LogP contribution < -0.4 is 5.32 Å². The number of carboxylic acids is 1. The highest BCUT2D eigenvalue weighted by Crippen LogP contribution is 2.15. The second-order valence-corrected chi connectivity index (χ2v) is 5.25. The van der Waals surface area contributed by atoms with Crippen LogP contribution >= 0.6 is 0 Å². The number of likely N-dealkylation sites (N-methyl/N-ethyl adjacent to an activating group) is 1. The van der Waals surface area contributed by atoms with Gasteiger partial charge in [-0.2, -0.15) is 0 Å². The lowest BCUT2D eigenvalue weighted by molar-refractivity contribution is -0.139. The highest BCUT2D eigenvalue weighted by atomic mass is 16.5. The first-order chi connectivity index (χ1) is 10.0. The van der Waals surface area contributed by atoms with E-state index >= 15 is 0 Å². The van der Waals surface area contributed by atoms with Crippen LogP contribution in [0.15, 0.2) is 0 Å². The van der Waals surface area contributed by atoms with E-state index in [0.29, 0.717) is 6.04 Å². The van der Waals surface area contributed by atoms with Crippen LogP contribution in [0.4, 0.5) is 4.79 Å². The highest BCUT2D eigenvalue weighted by Gasteiger charge is 2.29. The number of carboxylic acid groups (broad SMARTS) is 1. The summed E-state index contributed by atoms with van der Waals surface area (Å²) in [6.07, 6.45) is 0.379. The first-order valence-electron chi connectivity index (χ1n) is 7.53. The van der Waals surface area contributed by atoms with Crippen LogP contribution in [-0.2, 0) is 9.53 Å². The van der Waals surface area contributed by atoms with E-state index in [2.05, 4.69) is 24.1 Å². The van der Waals surface area contributed by atoms with Crippen LogP contribution in [0.5, 0.6) is 0 Å². The number of ether oxygens (including phenoxy) is 1. The molecule has 2 unspecified atom stereocenters. The average Bonchev–Trinajstić information content (AvgIpc) is 2.93. The Morgan fingerprint density at radius 1 is 1.43 bits per heavy atom. The van der Waals surface area contributed by atoms with Gasteiger partial charge in [0.2, 0.25) is 0 Å². The molecule has 2 amide bonds. The topological polar surface area (TPSA) is 82.1 Å². The molecule has 1 fully saturated rings. The van der Waals surface area contributed by atoms with E-state index in [-0.39, 0.29) is 19.0 Å². The van der Waals surface area contributed by atoms with Crippen LogP contribution in [0.3, 0.4) is 0 Å². The van der Waals surface area contributed by atoms with Crippen molar-refractivity contribution < 1.29 is 19.4 Å². The maximum absolute atomic E-state index is 12.1. The molecule has 1 rings (SSSR count). The first kappa shape index (κ1) is 17.7. The lowest BCUT2D eigenvalue weighted by Crippen LogP contribution is -2.44. The Morgan fingerprint density at radius 2 is 2.10 bits per heavy atom. The van der Waals surface area contributed by atoms with Crippen molar-refractivity contribution in [1.29, 1.82) is 0 Å². The van der Waals surface area contributed by atoms with Crippen molar-refractivity contribution in [2.24, 2.45) is 0 Å². The number of nitrogens with one attached hydrogen (secondary N) is 1. The summed E-state index contributed by atoms with van der Waals surface area (Å²) in [5, 5.41) is 11.5. The molecule has 0 aliphatic carbocycles. The van der Waals surface area contributed by atoms with Gasteiger partial charge < -0.3 is 20.1 Å². The lowest BCUT2D eigenvalue weighted by Gasteiger charge is -2.26. The number of likely N-dealkylation sites (tertiary alicyclic amines) is 1. The van der Waals surface area contributed by atoms with Gasteiger partial charge in [0, 0.05) is 32.8 Å². The van der Waals surface area contributed by atoms with Gasteiger partial charge in [0.15, 0.2) is 0 Å². The van der Waals surface area contributed by atoms with Crippen LogP contribution in [0.25, 0.3) is 0 Å². The molecule has 1 saturated heterocycles. The quantitative estimate of drug-likeness (QED) is 0.686. The summed E-state index contributed by atoms with van der Waals surface area (Å²) in [5.74, 6) is -0.932. The fraction of sp³-hybridized carbons (Fsp3) is 0.857. The van der Waals surface area contributed by atoms with E-state index in [1.54, 1.807) is 4.90 Å². The van der Waals surface area contributed by atoms with Gasteiger partial charge in [-0.25, -0.2) is 4.79 Å². The van der Waals surface area contributed by atoms with Crippen molar-refractivity contribution in [3.05, 3.63) is 0 Å². The summed E-state index contributed by atoms with van der Waals surface area (Å²) in [7, 11) is 1.45. The van der Waals surface area contributed by atoms with Crippen LogP contribution in [0.2, 0.25) is 0 Å². The van der Waals surface area contributed by atoms with Crippen LogP contribution in [-0.4, -0.2) is 78.9 Å². The molecule has 122 valence electrons. The summed E-state index contributed by atoms with van der Waals surface area (Å²) in [6, 6.07) is 0.278. The normalized spacial score (nSPS) is 19.8. The van der Waals surface area contributed by atoms with Crippen LogP contribution in [0.1, 0.15) is 26.7 Å². The number of rotatable bonds is 8. The van der Waals surface area contributed by atoms with Crippen LogP contribution in [0, 0.1) is 0 Å². The van der Waals surface area contributed by atoms with Crippen molar-refractivity contribution in [2.75, 3.05) is 39.8 Å². The molecule has 1 heterocycles. The Balaban J connectivity index is 2.38. The van der Waals surface area contributed by atoms with Crippen molar-refractivity contribution in [2.45, 2.75) is 38.8 Å². The van der Waals surface area contributed by atoms with E-state index in [9.17, 15) is 9.59 Å². The number of urea groups is 1. The Kier molecular flexibility index (Phi) is 7.45. The molecule has 2 atom stereocenters. The molecule has 21 heavy (non-hydrogen) atoms. The molecule has 1 aliphatic heterocycles. The Bertz CT molecular complexity index is 347. The number of methoxy groups -OCH3 is 1. The van der Waals surface area contributed by atoms with Crippen molar-refractivity contribution in [3.8, 4) is 0 Å². The van der Waals surface area contributed by atoms with E-state index < -0.39 is 12.1 Å². The molecule has 7 nitrogen and oxygen atoms in total. The molecule has 0 radical (unpaired) electrons. The number of hydrogen-bond donors (Lipinski definition) is 2. The van der Waals surface area contributed by atoms with E-state index in [1.165, 1.54) is 7.11 Å². The largest absolute Gasteiger partial charge is 0.481 e. The molecule has 7 heteroatoms. The number of amides is 2. The third-order valence-corrected chi connectivity index (χ3v) is 4.00. The third-order valence-electron chi connectivity index (χ3n) is 4.00. The fourth-order valence-corrected chi connectivity index (χ4v) is 2.71. The van der Waals surface area contributed by atoms with Gasteiger partial charge in [-0.1, -0.05) is 13.8 Å². The monoisotopic (exact) mass is 301 g/mol. The Labute approximate surface area is 126 Å².